The molecule has 1 unspecified atom stereocenters. The smallest absolute Gasteiger partial charge is 0.308 e. The third-order valence-electron chi connectivity index (χ3n) is 2.16. The van der Waals surface area contributed by atoms with Crippen molar-refractivity contribution < 1.29 is 22.1 Å². The largest absolute Gasteiger partial charge is 0.469 e. The lowest BCUT2D eigenvalue weighted by Gasteiger charge is -2.19. The minimum absolute atomic E-state index is 0.179. The van der Waals surface area contributed by atoms with Gasteiger partial charge in [0.15, 0.2) is 0 Å². The summed E-state index contributed by atoms with van der Waals surface area (Å²) < 4.78 is 31.0. The average molecular weight is 234 g/mol. The SMILES string of the molecule is COC(=O)C1CC=C(OS(C)(=O)=O)CC1. The Hall–Kier alpha value is -1.04. The van der Waals surface area contributed by atoms with E-state index < -0.39 is 10.1 Å². The summed E-state index contributed by atoms with van der Waals surface area (Å²) in [7, 11) is -2.11. The predicted octanol–water partition coefficient (Wildman–Crippen LogP) is 0.820. The van der Waals surface area contributed by atoms with Crippen LogP contribution in [0.3, 0.4) is 0 Å². The minimum atomic E-state index is -3.45. The lowest BCUT2D eigenvalue weighted by atomic mass is 9.93. The van der Waals surface area contributed by atoms with Gasteiger partial charge in [0.05, 0.1) is 19.3 Å². The van der Waals surface area contributed by atoms with Gasteiger partial charge >= 0.3 is 16.1 Å². The second-order valence-corrected chi connectivity index (χ2v) is 5.03. The first kappa shape index (κ1) is 12.0. The van der Waals surface area contributed by atoms with Crippen LogP contribution in [0.2, 0.25) is 0 Å². The molecule has 0 saturated carbocycles. The van der Waals surface area contributed by atoms with E-state index in [0.717, 1.165) is 6.26 Å². The molecule has 15 heavy (non-hydrogen) atoms. The lowest BCUT2D eigenvalue weighted by molar-refractivity contribution is -0.145. The van der Waals surface area contributed by atoms with Gasteiger partial charge in [-0.3, -0.25) is 4.79 Å². The Morgan fingerprint density at radius 2 is 2.20 bits per heavy atom. The number of methoxy groups -OCH3 is 1. The molecular weight excluding hydrogens is 220 g/mol. The third kappa shape index (κ3) is 3.91. The van der Waals surface area contributed by atoms with E-state index in [1.807, 2.05) is 0 Å². The van der Waals surface area contributed by atoms with Gasteiger partial charge in [-0.1, -0.05) is 0 Å². The zero-order valence-corrected chi connectivity index (χ0v) is 9.54. The highest BCUT2D eigenvalue weighted by atomic mass is 32.2. The van der Waals surface area contributed by atoms with Crippen molar-refractivity contribution in [2.45, 2.75) is 19.3 Å². The molecule has 0 aliphatic heterocycles. The molecule has 0 heterocycles. The Balaban J connectivity index is 2.56. The predicted molar refractivity (Wildman–Crippen MR) is 53.4 cm³/mol. The van der Waals surface area contributed by atoms with Crippen LogP contribution in [-0.2, 0) is 23.8 Å². The molecule has 0 aromatic heterocycles. The monoisotopic (exact) mass is 234 g/mol. The molecule has 0 radical (unpaired) electrons. The fraction of sp³-hybridized carbons (Fsp3) is 0.667. The number of ether oxygens (including phenoxy) is 1. The fourth-order valence-electron chi connectivity index (χ4n) is 1.46. The van der Waals surface area contributed by atoms with Crippen LogP contribution in [0.25, 0.3) is 0 Å². The van der Waals surface area contributed by atoms with Gasteiger partial charge in [0, 0.05) is 6.42 Å². The van der Waals surface area contributed by atoms with Crippen molar-refractivity contribution in [3.63, 3.8) is 0 Å². The van der Waals surface area contributed by atoms with E-state index in [1.165, 1.54) is 7.11 Å². The molecule has 0 fully saturated rings. The molecule has 0 amide bonds. The second-order valence-electron chi connectivity index (χ2n) is 3.45. The topological polar surface area (TPSA) is 69.7 Å². The van der Waals surface area contributed by atoms with Crippen molar-refractivity contribution in [1.82, 2.24) is 0 Å². The number of hydrogen-bond acceptors (Lipinski definition) is 5. The standard InChI is InChI=1S/C9H14O5S/c1-13-9(10)7-3-5-8(6-4-7)14-15(2,11)12/h5,7H,3-4,6H2,1-2H3. The number of hydrogen-bond donors (Lipinski definition) is 0. The van der Waals surface area contributed by atoms with Gasteiger partial charge in [-0.2, -0.15) is 8.42 Å². The van der Waals surface area contributed by atoms with Gasteiger partial charge < -0.3 is 8.92 Å². The van der Waals surface area contributed by atoms with Gasteiger partial charge in [-0.25, -0.2) is 0 Å². The molecule has 0 N–H and O–H groups in total. The molecule has 6 heteroatoms. The van der Waals surface area contributed by atoms with Gasteiger partial charge in [0.25, 0.3) is 0 Å². The summed E-state index contributed by atoms with van der Waals surface area (Å²) in [4.78, 5) is 11.1. The van der Waals surface area contributed by atoms with Crippen molar-refractivity contribution in [3.8, 4) is 0 Å². The van der Waals surface area contributed by atoms with Crippen LogP contribution in [0.1, 0.15) is 19.3 Å². The van der Waals surface area contributed by atoms with E-state index in [1.54, 1.807) is 6.08 Å². The highest BCUT2D eigenvalue weighted by Gasteiger charge is 2.23. The van der Waals surface area contributed by atoms with E-state index in [2.05, 4.69) is 4.74 Å². The van der Waals surface area contributed by atoms with E-state index in [-0.39, 0.29) is 11.9 Å². The molecular formula is C9H14O5S. The van der Waals surface area contributed by atoms with Crippen molar-refractivity contribution in [3.05, 3.63) is 11.8 Å². The summed E-state index contributed by atoms with van der Waals surface area (Å²) in [6.07, 6.45) is 4.12. The van der Waals surface area contributed by atoms with E-state index >= 15 is 0 Å². The molecule has 1 aliphatic carbocycles. The zero-order chi connectivity index (χ0) is 11.5. The van der Waals surface area contributed by atoms with Crippen molar-refractivity contribution >= 4 is 16.1 Å². The van der Waals surface area contributed by atoms with Gasteiger partial charge in [-0.05, 0) is 18.9 Å². The van der Waals surface area contributed by atoms with Crippen molar-refractivity contribution in [1.29, 1.82) is 0 Å². The highest BCUT2D eigenvalue weighted by molar-refractivity contribution is 7.86. The molecule has 0 spiro atoms. The first-order chi connectivity index (χ1) is 6.92. The molecule has 0 saturated heterocycles. The first-order valence-corrected chi connectivity index (χ1v) is 6.40. The highest BCUT2D eigenvalue weighted by Crippen LogP contribution is 2.25. The maximum absolute atomic E-state index is 11.1. The summed E-state index contributed by atoms with van der Waals surface area (Å²) in [6.45, 7) is 0. The Morgan fingerprint density at radius 3 is 2.60 bits per heavy atom. The van der Waals surface area contributed by atoms with Crippen LogP contribution in [0.5, 0.6) is 0 Å². The van der Waals surface area contributed by atoms with Gasteiger partial charge in [0.1, 0.15) is 5.76 Å². The molecule has 5 nitrogen and oxygen atoms in total. The molecule has 0 aromatic carbocycles. The molecule has 1 atom stereocenters. The Morgan fingerprint density at radius 1 is 1.53 bits per heavy atom. The zero-order valence-electron chi connectivity index (χ0n) is 8.73. The summed E-state index contributed by atoms with van der Waals surface area (Å²) in [5.41, 5.74) is 0. The van der Waals surface area contributed by atoms with Crippen LogP contribution in [0, 0.1) is 5.92 Å². The number of rotatable bonds is 3. The van der Waals surface area contributed by atoms with Crippen LogP contribution < -0.4 is 0 Å². The van der Waals surface area contributed by atoms with E-state index in [4.69, 9.17) is 4.18 Å². The van der Waals surface area contributed by atoms with Crippen LogP contribution in [0.4, 0.5) is 0 Å². The molecule has 86 valence electrons. The van der Waals surface area contributed by atoms with Gasteiger partial charge in [-0.15, -0.1) is 0 Å². The quantitative estimate of drug-likeness (QED) is 0.534. The Bertz CT molecular complexity index is 368. The van der Waals surface area contributed by atoms with Crippen LogP contribution in [-0.4, -0.2) is 27.8 Å². The lowest BCUT2D eigenvalue weighted by Crippen LogP contribution is -2.19. The average Bonchev–Trinajstić information content (AvgIpc) is 2.15. The van der Waals surface area contributed by atoms with Crippen molar-refractivity contribution in [2.75, 3.05) is 13.4 Å². The minimum Gasteiger partial charge on any atom is -0.469 e. The van der Waals surface area contributed by atoms with Crippen LogP contribution >= 0.6 is 0 Å². The normalized spacial score (nSPS) is 21.7. The summed E-state index contributed by atoms with van der Waals surface area (Å²) in [5.74, 6) is -0.0239. The molecule has 1 rings (SSSR count). The third-order valence-corrected chi connectivity index (χ3v) is 2.68. The second kappa shape index (κ2) is 4.65. The summed E-state index contributed by atoms with van der Waals surface area (Å²) >= 11 is 0. The van der Waals surface area contributed by atoms with Gasteiger partial charge in [0.2, 0.25) is 0 Å². The summed E-state index contributed by atoms with van der Waals surface area (Å²) in [5, 5.41) is 0. The Kier molecular flexibility index (Phi) is 3.73. The number of esters is 1. The van der Waals surface area contributed by atoms with E-state index in [0.29, 0.717) is 25.0 Å². The molecule has 0 bridgehead atoms. The number of allylic oxidation sites excluding steroid dienone is 2. The van der Waals surface area contributed by atoms with Crippen LogP contribution in [0.15, 0.2) is 11.8 Å². The first-order valence-electron chi connectivity index (χ1n) is 4.58. The number of carbonyl (C=O) groups excluding carboxylic acids is 1. The maximum atomic E-state index is 11.1. The molecule has 0 aromatic rings. The molecule has 1 aliphatic rings. The van der Waals surface area contributed by atoms with Crippen molar-refractivity contribution in [2.24, 2.45) is 5.92 Å². The summed E-state index contributed by atoms with van der Waals surface area (Å²) in [6, 6.07) is 0. The fourth-order valence-corrected chi connectivity index (χ4v) is 2.00. The Labute approximate surface area is 89.2 Å². The maximum Gasteiger partial charge on any atom is 0.308 e. The van der Waals surface area contributed by atoms with E-state index in [9.17, 15) is 13.2 Å². The number of carbonyl (C=O) groups is 1.